The van der Waals surface area contributed by atoms with Gasteiger partial charge in [-0.15, -0.1) is 0 Å². The van der Waals surface area contributed by atoms with Crippen LogP contribution in [0, 0.1) is 0 Å². The molecule has 1 rings (SSSR count). The Bertz CT molecular complexity index is 360. The number of amides is 2. The van der Waals surface area contributed by atoms with Crippen molar-refractivity contribution < 1.29 is 39.1 Å². The molecule has 1 N–H and O–H groups in total. The van der Waals surface area contributed by atoms with Crippen LogP contribution in [-0.2, 0) is 24.0 Å². The molecule has 0 aliphatic carbocycles. The number of aliphatic carboxylic acids is 1. The zero-order valence-corrected chi connectivity index (χ0v) is 8.88. The average Bonchev–Trinajstić information content (AvgIpc) is 2.45. The molecule has 1 saturated heterocycles. The average molecular weight is 245 g/mol. The van der Waals surface area contributed by atoms with Crippen LogP contribution in [0.2, 0.25) is 0 Å². The Hall–Kier alpha value is -1.80. The van der Waals surface area contributed by atoms with Crippen LogP contribution in [0.25, 0.3) is 0 Å². The third-order valence-electron chi connectivity index (χ3n) is 2.22. The minimum atomic E-state index is -1.97. The minimum Gasteiger partial charge on any atom is -0.550 e. The van der Waals surface area contributed by atoms with Crippen molar-refractivity contribution in [3.63, 3.8) is 0 Å². The van der Waals surface area contributed by atoms with Crippen molar-refractivity contribution in [3.05, 3.63) is 0 Å². The molecule has 94 valence electrons. The van der Waals surface area contributed by atoms with Gasteiger partial charge >= 0.3 is 17.8 Å². The third-order valence-corrected chi connectivity index (χ3v) is 2.22. The highest BCUT2D eigenvalue weighted by Crippen LogP contribution is 2.21. The second-order valence-corrected chi connectivity index (χ2v) is 3.55. The van der Waals surface area contributed by atoms with E-state index in [1.54, 1.807) is 0 Å². The zero-order chi connectivity index (χ0) is 13.1. The van der Waals surface area contributed by atoms with Gasteiger partial charge in [0.1, 0.15) is 4.81 Å². The number of quaternary nitrogens is 1. The number of hydroxylamine groups is 4. The number of rotatable bonds is 5. The highest BCUT2D eigenvalue weighted by molar-refractivity contribution is 5.91. The fourth-order valence-electron chi connectivity index (χ4n) is 1.33. The van der Waals surface area contributed by atoms with Crippen LogP contribution < -0.4 is 5.11 Å². The molecule has 0 aromatic rings. The van der Waals surface area contributed by atoms with E-state index in [2.05, 4.69) is 4.84 Å². The lowest BCUT2D eigenvalue weighted by Gasteiger charge is -2.15. The van der Waals surface area contributed by atoms with E-state index in [9.17, 15) is 29.5 Å². The Morgan fingerprint density at radius 2 is 1.76 bits per heavy atom. The molecule has 0 saturated carbocycles. The van der Waals surface area contributed by atoms with Crippen LogP contribution in [0.3, 0.4) is 0 Å². The first-order valence-electron chi connectivity index (χ1n) is 4.97. The maximum atomic E-state index is 11.2. The number of nitrogens with zero attached hydrogens (tertiary/aromatic N) is 1. The Kier molecular flexibility index (Phi) is 3.92. The fourth-order valence-corrected chi connectivity index (χ4v) is 1.33. The monoisotopic (exact) mass is 245 g/mol. The lowest BCUT2D eigenvalue weighted by molar-refractivity contribution is -1.12. The molecular weight excluding hydrogens is 234 g/mol. The molecule has 8 heteroatoms. The normalized spacial score (nSPS) is 18.2. The van der Waals surface area contributed by atoms with Crippen molar-refractivity contribution in [2.75, 3.05) is 0 Å². The van der Waals surface area contributed by atoms with Gasteiger partial charge in [0.2, 0.25) is 0 Å². The largest absolute Gasteiger partial charge is 0.550 e. The standard InChI is InChI=1S/C9H11NO7/c11-6-4-5-7(12)10(6,16)17-9(15)3-1-2-8(13)14/h16H,1-5H2. The van der Waals surface area contributed by atoms with Gasteiger partial charge in [-0.1, -0.05) is 0 Å². The van der Waals surface area contributed by atoms with Crippen molar-refractivity contribution in [1.82, 2.24) is 0 Å². The van der Waals surface area contributed by atoms with E-state index >= 15 is 0 Å². The molecule has 1 aliphatic heterocycles. The molecule has 1 fully saturated rings. The molecule has 0 bridgehead atoms. The smallest absolute Gasteiger partial charge is 0.397 e. The maximum Gasteiger partial charge on any atom is 0.397 e. The van der Waals surface area contributed by atoms with Gasteiger partial charge in [0, 0.05) is 5.97 Å². The number of carboxylic acid groups (broad SMARTS) is 1. The van der Waals surface area contributed by atoms with Crippen molar-refractivity contribution in [2.24, 2.45) is 0 Å². The quantitative estimate of drug-likeness (QED) is 0.352. The number of hydrogen-bond donors (Lipinski definition) is 1. The maximum absolute atomic E-state index is 11.2. The van der Waals surface area contributed by atoms with E-state index in [0.29, 0.717) is 0 Å². The summed E-state index contributed by atoms with van der Waals surface area (Å²) in [5, 5.41) is 19.5. The third kappa shape index (κ3) is 3.08. The van der Waals surface area contributed by atoms with E-state index in [1.807, 2.05) is 0 Å². The Morgan fingerprint density at radius 3 is 2.24 bits per heavy atom. The van der Waals surface area contributed by atoms with Gasteiger partial charge in [-0.05, 0) is 12.8 Å². The van der Waals surface area contributed by atoms with Crippen molar-refractivity contribution in [3.8, 4) is 0 Å². The highest BCUT2D eigenvalue weighted by atomic mass is 17.0. The van der Waals surface area contributed by atoms with E-state index in [0.717, 1.165) is 0 Å². The van der Waals surface area contributed by atoms with Gasteiger partial charge in [-0.25, -0.2) is 19.2 Å². The predicted octanol–water partition coefficient (Wildman–Crippen LogP) is -1.58. The van der Waals surface area contributed by atoms with E-state index in [-0.39, 0.29) is 32.1 Å². The second kappa shape index (κ2) is 5.02. The molecule has 0 aromatic heterocycles. The van der Waals surface area contributed by atoms with Crippen LogP contribution >= 0.6 is 0 Å². The first-order valence-corrected chi connectivity index (χ1v) is 4.97. The number of carbonyl (C=O) groups is 4. The summed E-state index contributed by atoms with van der Waals surface area (Å²) in [6, 6.07) is 0. The SMILES string of the molecule is O=C([O-])CCCC(=O)O[N+]1(O)C(=O)CCC1=O. The number of carboxylic acids is 1. The predicted molar refractivity (Wildman–Crippen MR) is 46.2 cm³/mol. The molecule has 1 aliphatic rings. The first kappa shape index (κ1) is 13.3. The summed E-state index contributed by atoms with van der Waals surface area (Å²) < 4.78 is 0. The van der Waals surface area contributed by atoms with E-state index < -0.39 is 28.6 Å². The van der Waals surface area contributed by atoms with Crippen LogP contribution in [0.1, 0.15) is 32.1 Å². The van der Waals surface area contributed by atoms with Crippen LogP contribution in [0.15, 0.2) is 0 Å². The van der Waals surface area contributed by atoms with Crippen molar-refractivity contribution in [1.29, 1.82) is 0 Å². The number of imide groups is 1. The first-order chi connectivity index (χ1) is 7.86. The summed E-state index contributed by atoms with van der Waals surface area (Å²) in [6.45, 7) is 0. The summed E-state index contributed by atoms with van der Waals surface area (Å²) in [5.41, 5.74) is 0. The van der Waals surface area contributed by atoms with Crippen LogP contribution in [-0.4, -0.2) is 33.8 Å². The summed E-state index contributed by atoms with van der Waals surface area (Å²) >= 11 is 0. The topological polar surface area (TPSA) is 121 Å². The molecule has 0 spiro atoms. The summed E-state index contributed by atoms with van der Waals surface area (Å²) in [5.74, 6) is -4.16. The molecule has 0 aromatic carbocycles. The second-order valence-electron chi connectivity index (χ2n) is 3.55. The van der Waals surface area contributed by atoms with Gasteiger partial charge in [0.25, 0.3) is 0 Å². The lowest BCUT2D eigenvalue weighted by atomic mass is 10.2. The molecule has 2 amide bonds. The van der Waals surface area contributed by atoms with Gasteiger partial charge < -0.3 is 9.90 Å². The number of carbonyl (C=O) groups excluding carboxylic acids is 4. The Morgan fingerprint density at radius 1 is 1.24 bits per heavy atom. The highest BCUT2D eigenvalue weighted by Gasteiger charge is 2.55. The zero-order valence-electron chi connectivity index (χ0n) is 8.88. The van der Waals surface area contributed by atoms with Gasteiger partial charge in [0.15, 0.2) is 0 Å². The summed E-state index contributed by atoms with van der Waals surface area (Å²) in [6.07, 6.45) is -1.11. The lowest BCUT2D eigenvalue weighted by Crippen LogP contribution is -2.50. The molecule has 0 atom stereocenters. The van der Waals surface area contributed by atoms with E-state index in [4.69, 9.17) is 0 Å². The van der Waals surface area contributed by atoms with Gasteiger partial charge in [-0.3, -0.25) is 0 Å². The van der Waals surface area contributed by atoms with Gasteiger partial charge in [0.05, 0.1) is 19.3 Å². The summed E-state index contributed by atoms with van der Waals surface area (Å²) in [4.78, 5) is 45.9. The molecule has 8 nitrogen and oxygen atoms in total. The Balaban J connectivity index is 2.47. The Labute approximate surface area is 95.9 Å². The molecule has 17 heavy (non-hydrogen) atoms. The summed E-state index contributed by atoms with van der Waals surface area (Å²) in [7, 11) is 0. The molecule has 1 heterocycles. The van der Waals surface area contributed by atoms with Crippen LogP contribution in [0.5, 0.6) is 0 Å². The van der Waals surface area contributed by atoms with E-state index in [1.165, 1.54) is 0 Å². The van der Waals surface area contributed by atoms with Crippen molar-refractivity contribution >= 4 is 23.8 Å². The molecular formula is C9H11NO7. The van der Waals surface area contributed by atoms with Crippen LogP contribution in [0.4, 0.5) is 0 Å². The van der Waals surface area contributed by atoms with Crippen molar-refractivity contribution in [2.45, 2.75) is 32.1 Å². The molecule has 0 unspecified atom stereocenters. The minimum absolute atomic E-state index is 0.0520. The molecule has 0 radical (unpaired) electrons. The number of hydrogen-bond acceptors (Lipinski definition) is 7. The fraction of sp³-hybridized carbons (Fsp3) is 0.556. The van der Waals surface area contributed by atoms with Gasteiger partial charge in [-0.2, -0.15) is 5.21 Å².